The van der Waals surface area contributed by atoms with Crippen molar-refractivity contribution in [2.75, 3.05) is 6.61 Å². The molecule has 1 nitrogen and oxygen atoms in total. The molecular formula is C41H23BF24O. The molecule has 0 saturated carbocycles. The van der Waals surface area contributed by atoms with Crippen molar-refractivity contribution in [1.82, 2.24) is 0 Å². The summed E-state index contributed by atoms with van der Waals surface area (Å²) in [7, 11) is 0. The highest BCUT2D eigenvalue weighted by molar-refractivity contribution is 7.21. The van der Waals surface area contributed by atoms with Gasteiger partial charge in [0.2, 0.25) is 0 Å². The van der Waals surface area contributed by atoms with Crippen LogP contribution in [0.4, 0.5) is 105 Å². The molecular weight excluding hydrogens is 975 g/mol. The Kier molecular flexibility index (Phi) is 14.5. The van der Waals surface area contributed by atoms with E-state index in [0.717, 1.165) is 11.1 Å². The normalized spacial score (nSPS) is 13.6. The van der Waals surface area contributed by atoms with Crippen molar-refractivity contribution in [3.8, 4) is 0 Å². The second-order valence-corrected chi connectivity index (χ2v) is 14.1. The largest absolute Gasteiger partial charge is 0.442 e. The van der Waals surface area contributed by atoms with Crippen LogP contribution in [0.25, 0.3) is 5.57 Å². The SMILES string of the molecule is C=C(C[OH2+])c1ccccc1.FC(F)(F)c1cccc(C(F)(F)F)c1[B-](c1c(C(F)(F)F)cccc1C(F)(F)F)(c1c(C(F)(F)F)cccc1C(F)(F)F)c1c(C(F)(F)F)cccc1C(F)(F)F. The van der Waals surface area contributed by atoms with Crippen LogP contribution in [-0.4, -0.2) is 17.9 Å². The predicted octanol–water partition coefficient (Wildman–Crippen LogP) is 12.6. The molecule has 0 radical (unpaired) electrons. The molecule has 0 aliphatic carbocycles. The van der Waals surface area contributed by atoms with E-state index in [9.17, 15) is 0 Å². The molecule has 0 atom stereocenters. The molecule has 364 valence electrons. The molecule has 5 aromatic carbocycles. The first kappa shape index (κ1) is 53.8. The third-order valence-corrected chi connectivity index (χ3v) is 10.00. The first-order chi connectivity index (χ1) is 30.2. The third kappa shape index (κ3) is 11.0. The van der Waals surface area contributed by atoms with Crippen LogP contribution in [-0.2, 0) is 49.4 Å². The van der Waals surface area contributed by atoms with Crippen LogP contribution in [0.15, 0.2) is 110 Å². The molecule has 0 saturated heterocycles. The van der Waals surface area contributed by atoms with E-state index < -0.39 is 195 Å². The number of benzene rings is 5. The summed E-state index contributed by atoms with van der Waals surface area (Å²) in [6.07, 6.45) is -62.5. The lowest BCUT2D eigenvalue weighted by atomic mass is 9.10. The Morgan fingerprint density at radius 1 is 0.313 bits per heavy atom. The lowest BCUT2D eigenvalue weighted by Gasteiger charge is -2.52. The summed E-state index contributed by atoms with van der Waals surface area (Å²) < 4.78 is 360. The summed E-state index contributed by atoms with van der Waals surface area (Å²) in [6.45, 7) is 4.04. The van der Waals surface area contributed by atoms with E-state index in [1.807, 2.05) is 30.3 Å². The number of alkyl halides is 24. The Hall–Kier alpha value is -5.82. The van der Waals surface area contributed by atoms with E-state index in [0.29, 0.717) is 0 Å². The number of hydrogen-bond donors (Lipinski definition) is 0. The van der Waals surface area contributed by atoms with Crippen molar-refractivity contribution in [3.63, 3.8) is 0 Å². The van der Waals surface area contributed by atoms with Gasteiger partial charge in [-0.15, -0.1) is 0 Å². The van der Waals surface area contributed by atoms with Crippen molar-refractivity contribution in [1.29, 1.82) is 0 Å². The molecule has 5 rings (SSSR count). The topological polar surface area (TPSA) is 22.9 Å². The fraction of sp³-hybridized carbons (Fsp3) is 0.220. The lowest BCUT2D eigenvalue weighted by Crippen LogP contribution is -2.81. The number of rotatable bonds is 6. The molecule has 0 unspecified atom stereocenters. The van der Waals surface area contributed by atoms with Crippen molar-refractivity contribution < 1.29 is 110 Å². The van der Waals surface area contributed by atoms with Gasteiger partial charge in [0.05, 0.1) is 0 Å². The lowest BCUT2D eigenvalue weighted by molar-refractivity contribution is -0.142. The van der Waals surface area contributed by atoms with E-state index in [2.05, 4.69) is 6.58 Å². The summed E-state index contributed by atoms with van der Waals surface area (Å²) in [6, 6.07) is 1.72. The summed E-state index contributed by atoms with van der Waals surface area (Å²) >= 11 is 0. The average molecular weight is 998 g/mol. The van der Waals surface area contributed by atoms with Gasteiger partial charge in [-0.3, -0.25) is 0 Å². The summed E-state index contributed by atoms with van der Waals surface area (Å²) in [5.74, 6) is 0. The minimum absolute atomic E-state index is 0.282. The van der Waals surface area contributed by atoms with E-state index in [4.69, 9.17) is 5.11 Å². The van der Waals surface area contributed by atoms with Gasteiger partial charge in [-0.1, -0.05) is 110 Å². The molecule has 67 heavy (non-hydrogen) atoms. The van der Waals surface area contributed by atoms with Gasteiger partial charge in [-0.05, 0) is 5.56 Å². The fourth-order valence-electron chi connectivity index (χ4n) is 7.75. The Labute approximate surface area is 359 Å². The van der Waals surface area contributed by atoms with E-state index in [1.54, 1.807) is 0 Å². The Morgan fingerprint density at radius 2 is 0.493 bits per heavy atom. The third-order valence-electron chi connectivity index (χ3n) is 10.00. The highest BCUT2D eigenvalue weighted by Crippen LogP contribution is 2.46. The maximum absolute atomic E-state index is 15.0. The molecule has 5 aromatic rings. The molecule has 0 aliphatic rings. The highest BCUT2D eigenvalue weighted by Gasteiger charge is 2.58. The van der Waals surface area contributed by atoms with Gasteiger partial charge in [-0.25, -0.2) is 0 Å². The Bertz CT molecular complexity index is 2130. The zero-order valence-corrected chi connectivity index (χ0v) is 32.4. The van der Waals surface area contributed by atoms with Gasteiger partial charge in [0.1, 0.15) is 6.15 Å². The zero-order chi connectivity index (χ0) is 51.3. The van der Waals surface area contributed by atoms with Crippen LogP contribution in [0.5, 0.6) is 0 Å². The molecule has 0 aromatic heterocycles. The summed E-state index contributed by atoms with van der Waals surface area (Å²) in [4.78, 5) is 0. The maximum atomic E-state index is 15.0. The molecule has 0 spiro atoms. The average Bonchev–Trinajstić information content (AvgIpc) is 3.18. The first-order valence-corrected chi connectivity index (χ1v) is 17.9. The smallest absolute Gasteiger partial charge is 0.413 e. The van der Waals surface area contributed by atoms with E-state index in [-0.39, 0.29) is 6.61 Å². The Balaban J connectivity index is 0.000000865. The second kappa shape index (κ2) is 18.0. The summed E-state index contributed by atoms with van der Waals surface area (Å²) in [5, 5.41) is 7.05. The quantitative estimate of drug-likeness (QED) is 0.0919. The van der Waals surface area contributed by atoms with Gasteiger partial charge in [-0.2, -0.15) is 127 Å². The number of halogens is 24. The van der Waals surface area contributed by atoms with Crippen LogP contribution < -0.4 is 21.9 Å². The van der Waals surface area contributed by atoms with Crippen LogP contribution in [0.2, 0.25) is 0 Å². The molecule has 0 amide bonds. The predicted molar refractivity (Wildman–Crippen MR) is 194 cm³/mol. The van der Waals surface area contributed by atoms with Crippen LogP contribution >= 0.6 is 0 Å². The van der Waals surface area contributed by atoms with Crippen LogP contribution in [0.1, 0.15) is 50.1 Å². The Morgan fingerprint density at radius 3 is 0.642 bits per heavy atom. The maximum Gasteiger partial charge on any atom is 0.413 e. The monoisotopic (exact) mass is 998 g/mol. The first-order valence-electron chi connectivity index (χ1n) is 17.9. The summed E-state index contributed by atoms with van der Waals surface area (Å²) in [5.41, 5.74) is -40.7. The molecule has 0 heterocycles. The van der Waals surface area contributed by atoms with Gasteiger partial charge in [0, 0.05) is 50.1 Å². The molecule has 2 N–H and O–H groups in total. The fourth-order valence-corrected chi connectivity index (χ4v) is 7.75. The molecule has 0 bridgehead atoms. The number of hydrogen-bond acceptors (Lipinski definition) is 0. The van der Waals surface area contributed by atoms with Crippen molar-refractivity contribution in [2.45, 2.75) is 49.4 Å². The standard InChI is InChI=1S/C32H12BF24.C9H10O/c34-25(35,36)13-5-1-6-14(26(37,38)39)21(13)33(22-15(27(40,41)42)7-2-8-16(22)28(43,44)45,23-17(29(46,47)48)9-3-10-18(23)30(49,50)51)24-19(31(52,53)54)11-4-12-20(24)32(55,56)57;1-8(7-10)9-5-3-2-4-6-9/h1-12H;2-6,10H,1,7H2/q-1;/p+1. The van der Waals surface area contributed by atoms with Crippen LogP contribution in [0, 0.1) is 0 Å². The van der Waals surface area contributed by atoms with Crippen LogP contribution in [0.3, 0.4) is 0 Å². The van der Waals surface area contributed by atoms with Crippen molar-refractivity contribution in [2.24, 2.45) is 0 Å². The second-order valence-electron chi connectivity index (χ2n) is 14.1. The highest BCUT2D eigenvalue weighted by atomic mass is 19.4. The van der Waals surface area contributed by atoms with Gasteiger partial charge in [0.15, 0.2) is 6.61 Å². The van der Waals surface area contributed by atoms with Crippen molar-refractivity contribution in [3.05, 3.63) is 160 Å². The zero-order valence-electron chi connectivity index (χ0n) is 32.4. The molecule has 0 aliphatic heterocycles. The van der Waals surface area contributed by atoms with Gasteiger partial charge >= 0.3 is 49.4 Å². The molecule has 0 fully saturated rings. The molecule has 26 heteroatoms. The van der Waals surface area contributed by atoms with E-state index >= 15 is 105 Å². The van der Waals surface area contributed by atoms with Gasteiger partial charge < -0.3 is 5.11 Å². The van der Waals surface area contributed by atoms with E-state index in [1.165, 1.54) is 0 Å². The van der Waals surface area contributed by atoms with Gasteiger partial charge in [0.25, 0.3) is 0 Å². The minimum atomic E-state index is -7.76. The van der Waals surface area contributed by atoms with Crippen molar-refractivity contribution >= 4 is 33.6 Å². The minimum Gasteiger partial charge on any atom is -0.442 e.